The number of rotatable bonds is 4. The van der Waals surface area contributed by atoms with E-state index in [9.17, 15) is 4.79 Å². The molecule has 1 amide bonds. The van der Waals surface area contributed by atoms with E-state index in [1.54, 1.807) is 14.2 Å². The van der Waals surface area contributed by atoms with Crippen LogP contribution in [0.1, 0.15) is 37.5 Å². The van der Waals surface area contributed by atoms with Crippen molar-refractivity contribution in [2.45, 2.75) is 32.8 Å². The van der Waals surface area contributed by atoms with Gasteiger partial charge >= 0.3 is 6.09 Å². The maximum absolute atomic E-state index is 11.4. The van der Waals surface area contributed by atoms with Crippen LogP contribution in [0.15, 0.2) is 36.4 Å². The van der Waals surface area contributed by atoms with Crippen LogP contribution in [0.4, 0.5) is 4.79 Å². The smallest absolute Gasteiger partial charge is 0.405 e. The van der Waals surface area contributed by atoms with Crippen LogP contribution >= 0.6 is 0 Å². The molecule has 0 radical (unpaired) electrons. The quantitative estimate of drug-likeness (QED) is 0.878. The molecule has 1 aliphatic rings. The van der Waals surface area contributed by atoms with E-state index in [2.05, 4.69) is 19.9 Å². The van der Waals surface area contributed by atoms with E-state index in [1.807, 2.05) is 30.3 Å². The Hall–Kier alpha value is -2.69. The summed E-state index contributed by atoms with van der Waals surface area (Å²) in [6, 6.07) is 12.1. The van der Waals surface area contributed by atoms with Crippen molar-refractivity contribution in [2.75, 3.05) is 14.2 Å². The molecule has 2 aromatic carbocycles. The van der Waals surface area contributed by atoms with E-state index in [4.69, 9.17) is 19.9 Å². The third-order valence-corrected chi connectivity index (χ3v) is 5.12. The van der Waals surface area contributed by atoms with E-state index < -0.39 is 6.09 Å². The number of primary amides is 1. The summed E-state index contributed by atoms with van der Waals surface area (Å²) in [4.78, 5) is 11.4. The van der Waals surface area contributed by atoms with Gasteiger partial charge in [0.1, 0.15) is 6.10 Å². The lowest BCUT2D eigenvalue weighted by Gasteiger charge is -2.39. The van der Waals surface area contributed by atoms with Crippen molar-refractivity contribution in [1.82, 2.24) is 0 Å². The van der Waals surface area contributed by atoms with Crippen LogP contribution in [0.3, 0.4) is 0 Å². The summed E-state index contributed by atoms with van der Waals surface area (Å²) < 4.78 is 16.2. The number of methoxy groups -OCH3 is 2. The van der Waals surface area contributed by atoms with Crippen molar-refractivity contribution in [3.05, 3.63) is 47.5 Å². The molecule has 0 heterocycles. The van der Waals surface area contributed by atoms with Crippen molar-refractivity contribution >= 4 is 6.09 Å². The van der Waals surface area contributed by atoms with Gasteiger partial charge in [-0.15, -0.1) is 0 Å². The van der Waals surface area contributed by atoms with Crippen LogP contribution in [-0.2, 0) is 11.2 Å². The topological polar surface area (TPSA) is 70.8 Å². The molecule has 0 saturated carbocycles. The zero-order chi connectivity index (χ0) is 18.9. The molecule has 0 bridgehead atoms. The summed E-state index contributed by atoms with van der Waals surface area (Å²) in [7, 11) is 3.25. The van der Waals surface area contributed by atoms with Gasteiger partial charge in [0, 0.05) is 5.41 Å². The van der Waals surface area contributed by atoms with Crippen molar-refractivity contribution < 1.29 is 19.0 Å². The highest BCUT2D eigenvalue weighted by atomic mass is 16.6. The normalized spacial score (nSPS) is 17.9. The predicted octanol–water partition coefficient (Wildman–Crippen LogP) is 4.48. The lowest BCUT2D eigenvalue weighted by molar-refractivity contribution is 0.0147. The lowest BCUT2D eigenvalue weighted by atomic mass is 9.71. The molecule has 1 aliphatic carbocycles. The summed E-state index contributed by atoms with van der Waals surface area (Å²) in [5.74, 6) is 1.39. The number of nitrogens with two attached hydrogens (primary N) is 1. The van der Waals surface area contributed by atoms with Crippen molar-refractivity contribution in [3.8, 4) is 22.6 Å². The van der Waals surface area contributed by atoms with E-state index in [1.165, 1.54) is 5.56 Å². The van der Waals surface area contributed by atoms with Gasteiger partial charge in [-0.2, -0.15) is 0 Å². The molecule has 5 nitrogen and oxygen atoms in total. The fourth-order valence-corrected chi connectivity index (χ4v) is 3.62. The maximum atomic E-state index is 11.4. The molecule has 3 rings (SSSR count). The van der Waals surface area contributed by atoms with Crippen LogP contribution < -0.4 is 15.2 Å². The second kappa shape index (κ2) is 6.90. The van der Waals surface area contributed by atoms with E-state index in [0.717, 1.165) is 29.5 Å². The molecule has 0 saturated heterocycles. The van der Waals surface area contributed by atoms with Crippen LogP contribution in [0, 0.1) is 5.41 Å². The van der Waals surface area contributed by atoms with E-state index in [0.29, 0.717) is 11.5 Å². The Morgan fingerprint density at radius 2 is 1.69 bits per heavy atom. The number of ether oxygens (including phenoxy) is 3. The minimum atomic E-state index is -0.736. The summed E-state index contributed by atoms with van der Waals surface area (Å²) in [5, 5.41) is 0. The minimum Gasteiger partial charge on any atom is -0.493 e. The van der Waals surface area contributed by atoms with Gasteiger partial charge < -0.3 is 19.9 Å². The first-order valence-corrected chi connectivity index (χ1v) is 8.67. The van der Waals surface area contributed by atoms with Gasteiger partial charge in [0.25, 0.3) is 0 Å². The number of hydrogen-bond donors (Lipinski definition) is 1. The standard InChI is InChI=1S/C21H25NO4/c1-21(2)10-9-15-11-13(5-7-16(15)19(21)26-20(22)23)14-6-8-17(24-3)18(12-14)25-4/h5-8,11-12,19H,9-10H2,1-4H3,(H2,22,23). The van der Waals surface area contributed by atoms with E-state index in [-0.39, 0.29) is 11.5 Å². The van der Waals surface area contributed by atoms with Crippen LogP contribution in [-0.4, -0.2) is 20.3 Å². The largest absolute Gasteiger partial charge is 0.493 e. The number of fused-ring (bicyclic) bond motifs is 1. The lowest BCUT2D eigenvalue weighted by Crippen LogP contribution is -2.33. The third kappa shape index (κ3) is 3.34. The van der Waals surface area contributed by atoms with Crippen molar-refractivity contribution in [3.63, 3.8) is 0 Å². The Bertz CT molecular complexity index is 829. The van der Waals surface area contributed by atoms with Gasteiger partial charge in [0.2, 0.25) is 0 Å². The van der Waals surface area contributed by atoms with Gasteiger partial charge in [-0.25, -0.2) is 4.79 Å². The highest BCUT2D eigenvalue weighted by Crippen LogP contribution is 2.46. The van der Waals surface area contributed by atoms with Gasteiger partial charge in [-0.05, 0) is 47.2 Å². The van der Waals surface area contributed by atoms with E-state index >= 15 is 0 Å². The summed E-state index contributed by atoms with van der Waals surface area (Å²) in [5.41, 5.74) is 9.49. The Kier molecular flexibility index (Phi) is 4.81. The number of amides is 1. The molecule has 5 heteroatoms. The minimum absolute atomic E-state index is 0.146. The Balaban J connectivity index is 2.00. The highest BCUT2D eigenvalue weighted by molar-refractivity contribution is 5.69. The molecule has 2 N–H and O–H groups in total. The fourth-order valence-electron chi connectivity index (χ4n) is 3.62. The molecule has 0 aliphatic heterocycles. The number of carbonyl (C=O) groups excluding carboxylic acids is 1. The first-order valence-electron chi connectivity index (χ1n) is 8.67. The van der Waals surface area contributed by atoms with Crippen LogP contribution in [0.5, 0.6) is 11.5 Å². The first kappa shape index (κ1) is 18.1. The molecule has 138 valence electrons. The number of aryl methyl sites for hydroxylation is 1. The van der Waals surface area contributed by atoms with Crippen molar-refractivity contribution in [1.29, 1.82) is 0 Å². The number of carbonyl (C=O) groups is 1. The molecule has 1 unspecified atom stereocenters. The average Bonchev–Trinajstić information content (AvgIpc) is 2.63. The molecule has 0 aromatic heterocycles. The molecule has 26 heavy (non-hydrogen) atoms. The first-order chi connectivity index (χ1) is 12.4. The van der Waals surface area contributed by atoms with Gasteiger partial charge in [0.05, 0.1) is 14.2 Å². The van der Waals surface area contributed by atoms with Gasteiger partial charge in [0.15, 0.2) is 11.5 Å². The molecule has 0 fully saturated rings. The Labute approximate surface area is 154 Å². The average molecular weight is 355 g/mol. The predicted molar refractivity (Wildman–Crippen MR) is 100 cm³/mol. The molecule has 2 aromatic rings. The van der Waals surface area contributed by atoms with Gasteiger partial charge in [-0.3, -0.25) is 0 Å². The molecule has 1 atom stereocenters. The molecule has 0 spiro atoms. The number of hydrogen-bond acceptors (Lipinski definition) is 4. The fraction of sp³-hybridized carbons (Fsp3) is 0.381. The summed E-state index contributed by atoms with van der Waals surface area (Å²) in [6.45, 7) is 4.21. The highest BCUT2D eigenvalue weighted by Gasteiger charge is 2.38. The van der Waals surface area contributed by atoms with Crippen LogP contribution in [0.25, 0.3) is 11.1 Å². The zero-order valence-corrected chi connectivity index (χ0v) is 15.7. The monoisotopic (exact) mass is 355 g/mol. The Morgan fingerprint density at radius 3 is 2.35 bits per heavy atom. The molecular weight excluding hydrogens is 330 g/mol. The molecular formula is C21H25NO4. The second-order valence-electron chi connectivity index (χ2n) is 7.29. The van der Waals surface area contributed by atoms with Crippen molar-refractivity contribution in [2.24, 2.45) is 11.1 Å². The maximum Gasteiger partial charge on any atom is 0.405 e. The van der Waals surface area contributed by atoms with Crippen LogP contribution in [0.2, 0.25) is 0 Å². The SMILES string of the molecule is COc1ccc(-c2ccc3c(c2)CCC(C)(C)C3OC(N)=O)cc1OC. The number of benzene rings is 2. The third-order valence-electron chi connectivity index (χ3n) is 5.12. The Morgan fingerprint density at radius 1 is 1.04 bits per heavy atom. The second-order valence-corrected chi connectivity index (χ2v) is 7.29. The van der Waals surface area contributed by atoms with Gasteiger partial charge in [-0.1, -0.05) is 38.1 Å². The summed E-state index contributed by atoms with van der Waals surface area (Å²) >= 11 is 0. The zero-order valence-electron chi connectivity index (χ0n) is 15.7. The summed E-state index contributed by atoms with van der Waals surface area (Å²) in [6.07, 6.45) is 0.790.